The molecule has 1 aliphatic rings. The lowest BCUT2D eigenvalue weighted by Crippen LogP contribution is -1.97. The van der Waals surface area contributed by atoms with Crippen LogP contribution in [-0.2, 0) is 12.2 Å². The summed E-state index contributed by atoms with van der Waals surface area (Å²) in [5, 5.41) is 3.96. The summed E-state index contributed by atoms with van der Waals surface area (Å²) in [6.07, 6.45) is 2.80. The molecule has 0 saturated heterocycles. The molecule has 6 heteroatoms. The van der Waals surface area contributed by atoms with Gasteiger partial charge in [0.05, 0.1) is 19.0 Å². The normalized spacial score (nSPS) is 14.0. The number of rotatable bonds is 5. The SMILES string of the molecule is CCCc1noc(CSc2ccc3c(c2)OCCCO3)n1. The Labute approximate surface area is 128 Å². The fraction of sp³-hybridized carbons (Fsp3) is 0.467. The summed E-state index contributed by atoms with van der Waals surface area (Å²) in [6, 6.07) is 6.00. The van der Waals surface area contributed by atoms with Gasteiger partial charge in [-0.25, -0.2) is 0 Å². The Bertz CT molecular complexity index is 600. The zero-order valence-electron chi connectivity index (χ0n) is 12.0. The van der Waals surface area contributed by atoms with E-state index in [1.807, 2.05) is 18.2 Å². The van der Waals surface area contributed by atoms with Crippen molar-refractivity contribution in [1.29, 1.82) is 0 Å². The molecule has 2 aromatic rings. The first-order valence-corrected chi connectivity index (χ1v) is 8.17. The van der Waals surface area contributed by atoms with E-state index >= 15 is 0 Å². The first-order valence-electron chi connectivity index (χ1n) is 7.19. The molecule has 0 bridgehead atoms. The van der Waals surface area contributed by atoms with Gasteiger partial charge in [-0.2, -0.15) is 4.98 Å². The Hall–Kier alpha value is -1.69. The molecule has 5 nitrogen and oxygen atoms in total. The van der Waals surface area contributed by atoms with Crippen molar-refractivity contribution in [3.8, 4) is 11.5 Å². The molecule has 0 N–H and O–H groups in total. The number of ether oxygens (including phenoxy) is 2. The smallest absolute Gasteiger partial charge is 0.237 e. The summed E-state index contributed by atoms with van der Waals surface area (Å²) in [4.78, 5) is 5.47. The lowest BCUT2D eigenvalue weighted by atomic mass is 10.3. The lowest BCUT2D eigenvalue weighted by Gasteiger charge is -2.08. The number of aromatic nitrogens is 2. The Morgan fingerprint density at radius 1 is 1.19 bits per heavy atom. The van der Waals surface area contributed by atoms with E-state index in [4.69, 9.17) is 14.0 Å². The monoisotopic (exact) mass is 306 g/mol. The summed E-state index contributed by atoms with van der Waals surface area (Å²) < 4.78 is 16.5. The van der Waals surface area contributed by atoms with Crippen LogP contribution in [0.25, 0.3) is 0 Å². The highest BCUT2D eigenvalue weighted by Crippen LogP contribution is 2.34. The molecule has 0 atom stereocenters. The average molecular weight is 306 g/mol. The van der Waals surface area contributed by atoms with Crippen molar-refractivity contribution in [2.45, 2.75) is 36.8 Å². The third-order valence-electron chi connectivity index (χ3n) is 3.07. The van der Waals surface area contributed by atoms with Gasteiger partial charge < -0.3 is 14.0 Å². The highest BCUT2D eigenvalue weighted by atomic mass is 32.2. The Balaban J connectivity index is 1.63. The third-order valence-corrected chi connectivity index (χ3v) is 4.04. The molecular weight excluding hydrogens is 288 g/mol. The van der Waals surface area contributed by atoms with Crippen LogP contribution in [0.1, 0.15) is 31.5 Å². The molecule has 0 fully saturated rings. The van der Waals surface area contributed by atoms with Crippen molar-refractivity contribution < 1.29 is 14.0 Å². The number of nitrogens with zero attached hydrogens (tertiary/aromatic N) is 2. The number of hydrogen-bond acceptors (Lipinski definition) is 6. The van der Waals surface area contributed by atoms with Crippen LogP contribution in [0.5, 0.6) is 11.5 Å². The highest BCUT2D eigenvalue weighted by Gasteiger charge is 2.12. The van der Waals surface area contributed by atoms with E-state index in [1.54, 1.807) is 11.8 Å². The highest BCUT2D eigenvalue weighted by molar-refractivity contribution is 7.98. The van der Waals surface area contributed by atoms with Gasteiger partial charge >= 0.3 is 0 Å². The topological polar surface area (TPSA) is 57.4 Å². The van der Waals surface area contributed by atoms with Crippen molar-refractivity contribution >= 4 is 11.8 Å². The van der Waals surface area contributed by atoms with Crippen LogP contribution < -0.4 is 9.47 Å². The second kappa shape index (κ2) is 6.85. The summed E-state index contributed by atoms with van der Waals surface area (Å²) in [5.74, 6) is 3.74. The second-order valence-electron chi connectivity index (χ2n) is 4.80. The Morgan fingerprint density at radius 2 is 2.05 bits per heavy atom. The van der Waals surface area contributed by atoms with Crippen LogP contribution in [0.4, 0.5) is 0 Å². The number of aryl methyl sites for hydroxylation is 1. The van der Waals surface area contributed by atoms with Gasteiger partial charge in [0.2, 0.25) is 5.89 Å². The van der Waals surface area contributed by atoms with Crippen LogP contribution >= 0.6 is 11.8 Å². The van der Waals surface area contributed by atoms with Crippen LogP contribution in [-0.4, -0.2) is 23.4 Å². The number of hydrogen-bond donors (Lipinski definition) is 0. The van der Waals surface area contributed by atoms with Gasteiger partial charge in [0.25, 0.3) is 0 Å². The van der Waals surface area contributed by atoms with Gasteiger partial charge in [0, 0.05) is 17.7 Å². The Morgan fingerprint density at radius 3 is 2.90 bits per heavy atom. The first-order chi connectivity index (χ1) is 10.3. The van der Waals surface area contributed by atoms with E-state index in [-0.39, 0.29) is 0 Å². The van der Waals surface area contributed by atoms with Gasteiger partial charge in [-0.05, 0) is 24.6 Å². The molecule has 21 heavy (non-hydrogen) atoms. The number of fused-ring (bicyclic) bond motifs is 1. The van der Waals surface area contributed by atoms with E-state index in [0.717, 1.165) is 41.5 Å². The van der Waals surface area contributed by atoms with E-state index in [1.165, 1.54) is 0 Å². The van der Waals surface area contributed by atoms with Gasteiger partial charge in [-0.3, -0.25) is 0 Å². The molecule has 0 aliphatic carbocycles. The van der Waals surface area contributed by atoms with Gasteiger partial charge in [-0.15, -0.1) is 11.8 Å². The van der Waals surface area contributed by atoms with Crippen LogP contribution in [0.15, 0.2) is 27.6 Å². The molecule has 0 radical (unpaired) electrons. The minimum absolute atomic E-state index is 0.663. The minimum Gasteiger partial charge on any atom is -0.490 e. The van der Waals surface area contributed by atoms with E-state index in [0.29, 0.717) is 24.9 Å². The molecule has 0 amide bonds. The maximum Gasteiger partial charge on any atom is 0.237 e. The van der Waals surface area contributed by atoms with Crippen LogP contribution in [0.2, 0.25) is 0 Å². The molecule has 0 unspecified atom stereocenters. The molecule has 0 spiro atoms. The summed E-state index contributed by atoms with van der Waals surface area (Å²) in [6.45, 7) is 3.51. The minimum atomic E-state index is 0.663. The standard InChI is InChI=1S/C15H18N2O3S/c1-2-4-14-16-15(20-17-14)10-21-11-5-6-12-13(9-11)19-8-3-7-18-12/h5-6,9H,2-4,7-8,10H2,1H3. The fourth-order valence-corrected chi connectivity index (χ4v) is 2.81. The van der Waals surface area contributed by atoms with Crippen molar-refractivity contribution in [3.63, 3.8) is 0 Å². The first kappa shape index (κ1) is 14.3. The maximum atomic E-state index is 5.69. The largest absolute Gasteiger partial charge is 0.490 e. The van der Waals surface area contributed by atoms with Crippen LogP contribution in [0, 0.1) is 0 Å². The van der Waals surface area contributed by atoms with Crippen LogP contribution in [0.3, 0.4) is 0 Å². The molecule has 1 aromatic carbocycles. The quantitative estimate of drug-likeness (QED) is 0.788. The van der Waals surface area contributed by atoms with E-state index in [2.05, 4.69) is 17.1 Å². The molecule has 2 heterocycles. The third kappa shape index (κ3) is 3.69. The van der Waals surface area contributed by atoms with Crippen molar-refractivity contribution in [3.05, 3.63) is 29.9 Å². The zero-order valence-corrected chi connectivity index (χ0v) is 12.8. The van der Waals surface area contributed by atoms with Gasteiger partial charge in [0.15, 0.2) is 17.3 Å². The van der Waals surface area contributed by atoms with E-state index in [9.17, 15) is 0 Å². The summed E-state index contributed by atoms with van der Waals surface area (Å²) in [7, 11) is 0. The number of benzene rings is 1. The molecule has 1 aromatic heterocycles. The molecule has 1 aliphatic heterocycles. The predicted molar refractivity (Wildman–Crippen MR) is 79.9 cm³/mol. The second-order valence-corrected chi connectivity index (χ2v) is 5.85. The van der Waals surface area contributed by atoms with E-state index < -0.39 is 0 Å². The molecule has 112 valence electrons. The zero-order chi connectivity index (χ0) is 14.5. The lowest BCUT2D eigenvalue weighted by molar-refractivity contribution is 0.297. The number of thioether (sulfide) groups is 1. The van der Waals surface area contributed by atoms with Crippen molar-refractivity contribution in [2.24, 2.45) is 0 Å². The summed E-state index contributed by atoms with van der Waals surface area (Å²) in [5.41, 5.74) is 0. The summed E-state index contributed by atoms with van der Waals surface area (Å²) >= 11 is 1.65. The fourth-order valence-electron chi connectivity index (χ4n) is 2.05. The maximum absolute atomic E-state index is 5.69. The van der Waals surface area contributed by atoms with Crippen molar-refractivity contribution in [1.82, 2.24) is 10.1 Å². The van der Waals surface area contributed by atoms with Gasteiger partial charge in [0.1, 0.15) is 0 Å². The molecule has 3 rings (SSSR count). The molecule has 0 saturated carbocycles. The Kier molecular flexibility index (Phi) is 4.65. The molecular formula is C15H18N2O3S. The average Bonchev–Trinajstić information content (AvgIpc) is 2.81. The predicted octanol–water partition coefficient (Wildman–Crippen LogP) is 3.48. The van der Waals surface area contributed by atoms with Crippen molar-refractivity contribution in [2.75, 3.05) is 13.2 Å². The van der Waals surface area contributed by atoms with Gasteiger partial charge in [-0.1, -0.05) is 12.1 Å².